The Morgan fingerprint density at radius 1 is 1.31 bits per heavy atom. The third kappa shape index (κ3) is 2.24. The number of rotatable bonds is 3. The summed E-state index contributed by atoms with van der Waals surface area (Å²) in [6, 6.07) is 6.83. The number of imidazole rings is 1. The summed E-state index contributed by atoms with van der Waals surface area (Å²) in [5.74, 6) is 0. The summed E-state index contributed by atoms with van der Waals surface area (Å²) in [7, 11) is 0. The Balaban J connectivity index is 2.30. The quantitative estimate of drug-likeness (QED) is 0.853. The van der Waals surface area contributed by atoms with Gasteiger partial charge in [0.05, 0.1) is 6.33 Å². The van der Waals surface area contributed by atoms with E-state index < -0.39 is 0 Å². The minimum absolute atomic E-state index is 0.457. The molecule has 0 unspecified atom stereocenters. The Morgan fingerprint density at radius 2 is 2.12 bits per heavy atom. The summed E-state index contributed by atoms with van der Waals surface area (Å²) in [5, 5.41) is 3.39. The Morgan fingerprint density at radius 3 is 2.69 bits per heavy atom. The Hall–Kier alpha value is -1.77. The molecule has 0 saturated carbocycles. The van der Waals surface area contributed by atoms with Crippen molar-refractivity contribution in [3.63, 3.8) is 0 Å². The number of hydrogen-bond acceptors (Lipinski definition) is 2. The summed E-state index contributed by atoms with van der Waals surface area (Å²) < 4.78 is 2.02. The van der Waals surface area contributed by atoms with E-state index in [2.05, 4.69) is 49.3 Å². The molecule has 0 aliphatic heterocycles. The average Bonchev–Trinajstić information content (AvgIpc) is 2.69. The number of anilines is 1. The van der Waals surface area contributed by atoms with Gasteiger partial charge in [-0.3, -0.25) is 0 Å². The Labute approximate surface area is 96.1 Å². The van der Waals surface area contributed by atoms with Gasteiger partial charge in [0.25, 0.3) is 0 Å². The maximum Gasteiger partial charge on any atom is 0.0991 e. The number of benzene rings is 1. The van der Waals surface area contributed by atoms with Gasteiger partial charge in [-0.2, -0.15) is 0 Å². The Bertz CT molecular complexity index is 458. The van der Waals surface area contributed by atoms with Gasteiger partial charge in [-0.25, -0.2) is 4.98 Å². The number of aryl methyl sites for hydroxylation is 1. The van der Waals surface area contributed by atoms with Gasteiger partial charge in [0, 0.05) is 29.8 Å². The van der Waals surface area contributed by atoms with Crippen LogP contribution >= 0.6 is 0 Å². The predicted molar refractivity (Wildman–Crippen MR) is 67.1 cm³/mol. The highest BCUT2D eigenvalue weighted by atomic mass is 15.0. The van der Waals surface area contributed by atoms with Gasteiger partial charge in [0.1, 0.15) is 0 Å². The van der Waals surface area contributed by atoms with Crippen molar-refractivity contribution in [2.45, 2.75) is 26.8 Å². The van der Waals surface area contributed by atoms with E-state index in [1.54, 1.807) is 6.20 Å². The Kier molecular flexibility index (Phi) is 2.95. The molecule has 3 heteroatoms. The third-order valence-corrected chi connectivity index (χ3v) is 2.43. The smallest absolute Gasteiger partial charge is 0.0991 e. The average molecular weight is 215 g/mol. The van der Waals surface area contributed by atoms with Gasteiger partial charge in [-0.05, 0) is 44.5 Å². The van der Waals surface area contributed by atoms with Crippen LogP contribution in [-0.2, 0) is 0 Å². The molecule has 0 bridgehead atoms. The highest BCUT2D eigenvalue weighted by Gasteiger charge is 2.02. The van der Waals surface area contributed by atoms with Crippen LogP contribution in [0.1, 0.15) is 19.4 Å². The van der Waals surface area contributed by atoms with E-state index in [0.717, 1.165) is 5.69 Å². The highest BCUT2D eigenvalue weighted by molar-refractivity contribution is 5.53. The summed E-state index contributed by atoms with van der Waals surface area (Å²) in [5.41, 5.74) is 3.58. The lowest BCUT2D eigenvalue weighted by molar-refractivity contribution is 0.898. The minimum Gasteiger partial charge on any atom is -0.383 e. The van der Waals surface area contributed by atoms with E-state index in [1.807, 2.05) is 17.1 Å². The van der Waals surface area contributed by atoms with Crippen molar-refractivity contribution in [2.24, 2.45) is 0 Å². The van der Waals surface area contributed by atoms with Crippen molar-refractivity contribution in [2.75, 3.05) is 5.32 Å². The molecule has 0 saturated heterocycles. The van der Waals surface area contributed by atoms with E-state index in [1.165, 1.54) is 11.3 Å². The molecule has 0 amide bonds. The van der Waals surface area contributed by atoms with E-state index in [9.17, 15) is 0 Å². The van der Waals surface area contributed by atoms with Crippen LogP contribution in [0.5, 0.6) is 0 Å². The molecule has 0 aliphatic carbocycles. The van der Waals surface area contributed by atoms with E-state index in [0.29, 0.717) is 6.04 Å². The van der Waals surface area contributed by atoms with Crippen LogP contribution in [0.3, 0.4) is 0 Å². The molecule has 84 valence electrons. The molecule has 2 aromatic rings. The summed E-state index contributed by atoms with van der Waals surface area (Å²) in [4.78, 5) is 4.06. The molecule has 0 atom stereocenters. The van der Waals surface area contributed by atoms with Crippen LogP contribution < -0.4 is 5.32 Å². The predicted octanol–water partition coefficient (Wildman–Crippen LogP) is 3.00. The fourth-order valence-electron chi connectivity index (χ4n) is 1.77. The number of hydrogen-bond donors (Lipinski definition) is 1. The first-order valence-corrected chi connectivity index (χ1v) is 5.52. The second-order valence-electron chi connectivity index (χ2n) is 4.27. The molecule has 1 heterocycles. The maximum absolute atomic E-state index is 4.06. The number of nitrogens with one attached hydrogen (secondary N) is 1. The van der Waals surface area contributed by atoms with Crippen LogP contribution in [0.4, 0.5) is 5.69 Å². The van der Waals surface area contributed by atoms with Crippen molar-refractivity contribution < 1.29 is 0 Å². The van der Waals surface area contributed by atoms with Gasteiger partial charge >= 0.3 is 0 Å². The highest BCUT2D eigenvalue weighted by Crippen LogP contribution is 2.19. The van der Waals surface area contributed by atoms with Crippen LogP contribution in [0, 0.1) is 6.92 Å². The molecule has 0 spiro atoms. The molecule has 3 nitrogen and oxygen atoms in total. The van der Waals surface area contributed by atoms with Gasteiger partial charge in [-0.15, -0.1) is 0 Å². The first-order valence-electron chi connectivity index (χ1n) is 5.52. The van der Waals surface area contributed by atoms with Crippen LogP contribution in [0.15, 0.2) is 36.9 Å². The van der Waals surface area contributed by atoms with Crippen molar-refractivity contribution in [3.8, 4) is 5.69 Å². The van der Waals surface area contributed by atoms with Gasteiger partial charge in [0.15, 0.2) is 0 Å². The molecule has 2 rings (SSSR count). The molecule has 0 aliphatic rings. The van der Waals surface area contributed by atoms with Crippen molar-refractivity contribution in [3.05, 3.63) is 42.5 Å². The topological polar surface area (TPSA) is 29.9 Å². The maximum atomic E-state index is 4.06. The van der Waals surface area contributed by atoms with Crippen LogP contribution in [-0.4, -0.2) is 15.6 Å². The molecule has 0 radical (unpaired) electrons. The summed E-state index contributed by atoms with van der Waals surface area (Å²) >= 11 is 0. The minimum atomic E-state index is 0.457. The molecule has 1 aromatic heterocycles. The molecular formula is C13H17N3. The number of aromatic nitrogens is 2. The zero-order valence-electron chi connectivity index (χ0n) is 9.94. The summed E-state index contributed by atoms with van der Waals surface area (Å²) in [6.45, 7) is 6.39. The largest absolute Gasteiger partial charge is 0.383 e. The van der Waals surface area contributed by atoms with Gasteiger partial charge in [0.2, 0.25) is 0 Å². The second kappa shape index (κ2) is 4.39. The van der Waals surface area contributed by atoms with E-state index in [4.69, 9.17) is 0 Å². The SMILES string of the molecule is Cc1cc(NC(C)C)ccc1-n1ccnc1. The van der Waals surface area contributed by atoms with Crippen LogP contribution in [0.25, 0.3) is 5.69 Å². The lowest BCUT2D eigenvalue weighted by Gasteiger charge is -2.13. The molecule has 16 heavy (non-hydrogen) atoms. The molecule has 0 fully saturated rings. The lowest BCUT2D eigenvalue weighted by Crippen LogP contribution is -2.09. The van der Waals surface area contributed by atoms with Gasteiger partial charge in [-0.1, -0.05) is 0 Å². The zero-order chi connectivity index (χ0) is 11.5. The van der Waals surface area contributed by atoms with E-state index >= 15 is 0 Å². The monoisotopic (exact) mass is 215 g/mol. The normalized spacial score (nSPS) is 10.8. The first kappa shape index (κ1) is 10.7. The fourth-order valence-corrected chi connectivity index (χ4v) is 1.77. The van der Waals surface area contributed by atoms with Crippen LogP contribution in [0.2, 0.25) is 0 Å². The first-order chi connectivity index (χ1) is 7.66. The van der Waals surface area contributed by atoms with Crippen molar-refractivity contribution in [1.82, 2.24) is 9.55 Å². The molecule has 1 N–H and O–H groups in total. The van der Waals surface area contributed by atoms with E-state index in [-0.39, 0.29) is 0 Å². The van der Waals surface area contributed by atoms with Crippen molar-refractivity contribution in [1.29, 1.82) is 0 Å². The standard InChI is InChI=1S/C13H17N3/c1-10(2)15-12-4-5-13(11(3)8-12)16-7-6-14-9-16/h4-10,15H,1-3H3. The van der Waals surface area contributed by atoms with Gasteiger partial charge < -0.3 is 9.88 Å². The molecule has 1 aromatic carbocycles. The second-order valence-corrected chi connectivity index (χ2v) is 4.27. The fraction of sp³-hybridized carbons (Fsp3) is 0.308. The summed E-state index contributed by atoms with van der Waals surface area (Å²) in [6.07, 6.45) is 5.56. The molecular weight excluding hydrogens is 198 g/mol. The lowest BCUT2D eigenvalue weighted by atomic mass is 10.1. The van der Waals surface area contributed by atoms with Crippen molar-refractivity contribution >= 4 is 5.69 Å². The third-order valence-electron chi connectivity index (χ3n) is 2.43. The zero-order valence-corrected chi connectivity index (χ0v) is 9.94. The number of nitrogens with zero attached hydrogens (tertiary/aromatic N) is 2.